The topological polar surface area (TPSA) is 97.0 Å². The van der Waals surface area contributed by atoms with Gasteiger partial charge in [0.2, 0.25) is 5.91 Å². The fourth-order valence-electron chi connectivity index (χ4n) is 3.62. The summed E-state index contributed by atoms with van der Waals surface area (Å²) < 4.78 is 11.8. The SMILES string of the molecule is CCCCCCOC(=O)N1CCN(c2ccc(-c3cn(CNC(C)=O)oc3=O)cc2)CC1. The first kappa shape index (κ1) is 23.4. The number of ether oxygens (including phenoxy) is 1. The third kappa shape index (κ3) is 6.38. The first-order valence-electron chi connectivity index (χ1n) is 11.2. The van der Waals surface area contributed by atoms with Crippen molar-refractivity contribution in [1.82, 2.24) is 15.0 Å². The molecule has 0 saturated carbocycles. The number of piperazine rings is 1. The monoisotopic (exact) mass is 444 g/mol. The molecule has 0 radical (unpaired) electrons. The minimum Gasteiger partial charge on any atom is -0.449 e. The summed E-state index contributed by atoms with van der Waals surface area (Å²) in [5, 5.41) is 2.58. The minimum absolute atomic E-state index is 0.105. The van der Waals surface area contributed by atoms with Crippen LogP contribution in [0.3, 0.4) is 0 Å². The van der Waals surface area contributed by atoms with Gasteiger partial charge >= 0.3 is 11.7 Å². The Bertz CT molecular complexity index is 942. The third-order valence-corrected chi connectivity index (χ3v) is 5.48. The Kier molecular flexibility index (Phi) is 8.35. The zero-order valence-corrected chi connectivity index (χ0v) is 18.8. The third-order valence-electron chi connectivity index (χ3n) is 5.48. The van der Waals surface area contributed by atoms with Gasteiger partial charge in [-0.3, -0.25) is 4.79 Å². The van der Waals surface area contributed by atoms with Gasteiger partial charge < -0.3 is 24.4 Å². The molecule has 0 unspecified atom stereocenters. The lowest BCUT2D eigenvalue weighted by Gasteiger charge is -2.35. The smallest absolute Gasteiger partial charge is 0.409 e. The van der Waals surface area contributed by atoms with E-state index in [1.165, 1.54) is 18.1 Å². The van der Waals surface area contributed by atoms with Crippen molar-refractivity contribution in [3.63, 3.8) is 0 Å². The van der Waals surface area contributed by atoms with E-state index in [2.05, 4.69) is 17.1 Å². The number of benzene rings is 1. The van der Waals surface area contributed by atoms with E-state index in [1.807, 2.05) is 24.3 Å². The predicted octanol–water partition coefficient (Wildman–Crippen LogP) is 3.04. The van der Waals surface area contributed by atoms with E-state index in [-0.39, 0.29) is 18.7 Å². The first-order chi connectivity index (χ1) is 15.5. The van der Waals surface area contributed by atoms with Crippen molar-refractivity contribution in [3.8, 4) is 11.1 Å². The maximum absolute atomic E-state index is 12.2. The summed E-state index contributed by atoms with van der Waals surface area (Å²) in [7, 11) is 0. The van der Waals surface area contributed by atoms with Crippen LogP contribution in [0.25, 0.3) is 11.1 Å². The lowest BCUT2D eigenvalue weighted by Crippen LogP contribution is -2.49. The molecule has 0 aliphatic carbocycles. The van der Waals surface area contributed by atoms with Crippen molar-refractivity contribution in [1.29, 1.82) is 0 Å². The molecule has 1 aromatic carbocycles. The maximum atomic E-state index is 12.2. The van der Waals surface area contributed by atoms with Crippen molar-refractivity contribution in [2.75, 3.05) is 37.7 Å². The van der Waals surface area contributed by atoms with E-state index >= 15 is 0 Å². The Hall–Kier alpha value is -3.23. The van der Waals surface area contributed by atoms with Crippen LogP contribution in [-0.2, 0) is 16.2 Å². The predicted molar refractivity (Wildman–Crippen MR) is 121 cm³/mol. The highest BCUT2D eigenvalue weighted by atomic mass is 16.6. The number of nitrogens with zero attached hydrogens (tertiary/aromatic N) is 3. The van der Waals surface area contributed by atoms with Crippen LogP contribution >= 0.6 is 0 Å². The van der Waals surface area contributed by atoms with E-state index in [4.69, 9.17) is 9.26 Å². The average molecular weight is 445 g/mol. The summed E-state index contributed by atoms with van der Waals surface area (Å²) in [6.07, 6.45) is 5.70. The molecule has 32 heavy (non-hydrogen) atoms. The van der Waals surface area contributed by atoms with Crippen molar-refractivity contribution in [2.24, 2.45) is 0 Å². The summed E-state index contributed by atoms with van der Waals surface area (Å²) in [5.74, 6) is -0.201. The minimum atomic E-state index is -0.454. The molecule has 2 amide bonds. The van der Waals surface area contributed by atoms with E-state index in [9.17, 15) is 14.4 Å². The second-order valence-corrected chi connectivity index (χ2v) is 7.93. The lowest BCUT2D eigenvalue weighted by atomic mass is 10.1. The summed E-state index contributed by atoms with van der Waals surface area (Å²) in [6, 6.07) is 7.67. The Morgan fingerprint density at radius 2 is 1.78 bits per heavy atom. The van der Waals surface area contributed by atoms with Gasteiger partial charge in [0.15, 0.2) is 0 Å². The number of carbonyl (C=O) groups is 2. The van der Waals surface area contributed by atoms with Gasteiger partial charge in [0, 0.05) is 38.8 Å². The second-order valence-electron chi connectivity index (χ2n) is 7.93. The summed E-state index contributed by atoms with van der Waals surface area (Å²) in [6.45, 7) is 6.83. The molecule has 0 spiro atoms. The zero-order chi connectivity index (χ0) is 22.9. The Balaban J connectivity index is 1.50. The second kappa shape index (κ2) is 11.4. The molecule has 1 saturated heterocycles. The van der Waals surface area contributed by atoms with E-state index in [1.54, 1.807) is 11.1 Å². The maximum Gasteiger partial charge on any atom is 0.409 e. The van der Waals surface area contributed by atoms with Crippen molar-refractivity contribution in [3.05, 3.63) is 40.9 Å². The summed E-state index contributed by atoms with van der Waals surface area (Å²) >= 11 is 0. The molecule has 9 nitrogen and oxygen atoms in total. The van der Waals surface area contributed by atoms with Crippen molar-refractivity contribution < 1.29 is 18.8 Å². The van der Waals surface area contributed by atoms with Crippen LogP contribution in [-0.4, -0.2) is 54.4 Å². The number of amides is 2. The number of carbonyl (C=O) groups excluding carboxylic acids is 2. The molecular weight excluding hydrogens is 412 g/mol. The van der Waals surface area contributed by atoms with E-state index in [0.717, 1.165) is 43.6 Å². The highest BCUT2D eigenvalue weighted by molar-refractivity contribution is 5.72. The van der Waals surface area contributed by atoms with Crippen LogP contribution in [0.2, 0.25) is 0 Å². The average Bonchev–Trinajstić information content (AvgIpc) is 3.18. The number of nitrogens with one attached hydrogen (secondary N) is 1. The fourth-order valence-corrected chi connectivity index (χ4v) is 3.62. The Morgan fingerprint density at radius 1 is 1.06 bits per heavy atom. The molecular formula is C23H32N4O5. The normalized spacial score (nSPS) is 13.8. The highest BCUT2D eigenvalue weighted by Crippen LogP contribution is 2.22. The van der Waals surface area contributed by atoms with E-state index in [0.29, 0.717) is 25.3 Å². The van der Waals surface area contributed by atoms with Crippen LogP contribution in [0.4, 0.5) is 10.5 Å². The summed E-state index contributed by atoms with van der Waals surface area (Å²) in [5.41, 5.74) is 1.76. The number of hydrogen-bond donors (Lipinski definition) is 1. The highest BCUT2D eigenvalue weighted by Gasteiger charge is 2.22. The van der Waals surface area contributed by atoms with Crippen molar-refractivity contribution >= 4 is 17.7 Å². The fraction of sp³-hybridized carbons (Fsp3) is 0.522. The standard InChI is InChI=1S/C23H32N4O5/c1-3-4-5-6-15-31-23(30)26-13-11-25(12-14-26)20-9-7-19(8-10-20)21-16-27(32-22(21)29)17-24-18(2)28/h7-10,16H,3-6,11-15,17H2,1-2H3,(H,24,28). The molecule has 3 rings (SSSR count). The van der Waals surface area contributed by atoms with Crippen LogP contribution in [0.1, 0.15) is 39.5 Å². The first-order valence-corrected chi connectivity index (χ1v) is 11.2. The van der Waals surface area contributed by atoms with Crippen LogP contribution < -0.4 is 15.8 Å². The van der Waals surface area contributed by atoms with Crippen LogP contribution in [0.5, 0.6) is 0 Å². The molecule has 1 fully saturated rings. The molecule has 174 valence electrons. The number of hydrogen-bond acceptors (Lipinski definition) is 6. The van der Waals surface area contributed by atoms with Gasteiger partial charge in [0.1, 0.15) is 6.67 Å². The molecule has 1 aliphatic rings. The van der Waals surface area contributed by atoms with Crippen LogP contribution in [0, 0.1) is 0 Å². The molecule has 0 bridgehead atoms. The molecule has 9 heteroatoms. The summed E-state index contributed by atoms with van der Waals surface area (Å²) in [4.78, 5) is 39.3. The van der Waals surface area contributed by atoms with Gasteiger partial charge in [-0.15, -0.1) is 0 Å². The number of unbranched alkanes of at least 4 members (excludes halogenated alkanes) is 3. The Morgan fingerprint density at radius 3 is 2.44 bits per heavy atom. The number of rotatable bonds is 9. The molecule has 1 aromatic heterocycles. The van der Waals surface area contributed by atoms with Gasteiger partial charge in [0.25, 0.3) is 0 Å². The van der Waals surface area contributed by atoms with Gasteiger partial charge in [-0.2, -0.15) is 4.74 Å². The quantitative estimate of drug-likeness (QED) is 0.597. The van der Waals surface area contributed by atoms with Gasteiger partial charge in [-0.1, -0.05) is 38.3 Å². The van der Waals surface area contributed by atoms with E-state index < -0.39 is 5.63 Å². The molecule has 1 aliphatic heterocycles. The van der Waals surface area contributed by atoms with Gasteiger partial charge in [-0.05, 0) is 24.1 Å². The Labute approximate surface area is 187 Å². The molecule has 2 heterocycles. The molecule has 2 aromatic rings. The largest absolute Gasteiger partial charge is 0.449 e. The molecule has 0 atom stereocenters. The van der Waals surface area contributed by atoms with Crippen molar-refractivity contribution in [2.45, 2.75) is 46.2 Å². The van der Waals surface area contributed by atoms with Gasteiger partial charge in [0.05, 0.1) is 18.4 Å². The molecule has 1 N–H and O–H groups in total. The number of aromatic nitrogens is 1. The van der Waals surface area contributed by atoms with Crippen LogP contribution in [0.15, 0.2) is 39.8 Å². The van der Waals surface area contributed by atoms with Gasteiger partial charge in [-0.25, -0.2) is 9.59 Å². The zero-order valence-electron chi connectivity index (χ0n) is 18.8. The lowest BCUT2D eigenvalue weighted by molar-refractivity contribution is -0.119. The number of anilines is 1.